The van der Waals surface area contributed by atoms with Gasteiger partial charge in [-0.1, -0.05) is 95.1 Å². The molecule has 0 unspecified atom stereocenters. The number of nitrogens with zero attached hydrogens (tertiary/aromatic N) is 1. The lowest BCUT2D eigenvalue weighted by atomic mass is 9.86. The Morgan fingerprint density at radius 2 is 1.10 bits per heavy atom. The van der Waals surface area contributed by atoms with E-state index in [2.05, 4.69) is 0 Å². The maximum atomic E-state index is 12.1. The summed E-state index contributed by atoms with van der Waals surface area (Å²) in [6, 6.07) is 24.2. The fourth-order valence-corrected chi connectivity index (χ4v) is 9.38. The molecule has 0 aliphatic heterocycles. The van der Waals surface area contributed by atoms with Gasteiger partial charge in [0, 0.05) is 37.1 Å². The molecule has 0 aromatic heterocycles. The number of rotatable bonds is 5. The minimum Gasteiger partial charge on any atom is -0.507 e. The molecule has 0 aliphatic carbocycles. The van der Waals surface area contributed by atoms with E-state index in [-0.39, 0.29) is 11.5 Å². The van der Waals surface area contributed by atoms with Crippen molar-refractivity contribution in [2.24, 2.45) is 4.74 Å². The molecular formula is C33H36Cl2NO3P. The minimum atomic E-state index is -3.32. The van der Waals surface area contributed by atoms with E-state index in [1.165, 1.54) is 0 Å². The smallest absolute Gasteiger partial charge is 0.129 e. The Morgan fingerprint density at radius 1 is 0.650 bits per heavy atom. The lowest BCUT2D eigenvalue weighted by molar-refractivity contribution is 0.418. The summed E-state index contributed by atoms with van der Waals surface area (Å²) < 4.78 is 11.4. The number of phenolic OH excluding ortho intramolecular Hbond substituents is 2. The molecule has 0 bridgehead atoms. The Labute approximate surface area is 247 Å². The highest BCUT2D eigenvalue weighted by molar-refractivity contribution is 7.88. The van der Waals surface area contributed by atoms with E-state index in [9.17, 15) is 10.2 Å². The second kappa shape index (κ2) is 11.2. The van der Waals surface area contributed by atoms with E-state index in [4.69, 9.17) is 32.7 Å². The number of halogens is 2. The molecule has 0 saturated carbocycles. The van der Waals surface area contributed by atoms with Gasteiger partial charge in [-0.2, -0.15) is 0 Å². The summed E-state index contributed by atoms with van der Waals surface area (Å²) in [5.41, 5.74) is 1.17. The Morgan fingerprint density at radius 3 is 1.55 bits per heavy atom. The molecule has 0 radical (unpaired) electrons. The summed E-state index contributed by atoms with van der Waals surface area (Å²) in [6.07, 6.45) is 0. The van der Waals surface area contributed by atoms with Gasteiger partial charge in [-0.25, -0.2) is 0 Å². The van der Waals surface area contributed by atoms with Crippen molar-refractivity contribution in [3.05, 3.63) is 100 Å². The molecule has 0 atom stereocenters. The first-order valence-corrected chi connectivity index (χ1v) is 15.6. The van der Waals surface area contributed by atoms with Gasteiger partial charge < -0.3 is 14.9 Å². The highest BCUT2D eigenvalue weighted by atomic mass is 35.5. The Bertz CT molecular complexity index is 1530. The summed E-state index contributed by atoms with van der Waals surface area (Å²) in [5, 5.41) is 26.8. The van der Waals surface area contributed by atoms with Crippen LogP contribution in [0.25, 0.3) is 0 Å². The minimum absolute atomic E-state index is 0.0764. The van der Waals surface area contributed by atoms with Crippen molar-refractivity contribution in [3.63, 3.8) is 0 Å². The van der Waals surface area contributed by atoms with Crippen LogP contribution in [0, 0.1) is 0 Å². The zero-order valence-electron chi connectivity index (χ0n) is 24.0. The molecule has 7 heteroatoms. The van der Waals surface area contributed by atoms with Crippen molar-refractivity contribution in [1.82, 2.24) is 0 Å². The van der Waals surface area contributed by atoms with Gasteiger partial charge in [0.05, 0.1) is 19.9 Å². The van der Waals surface area contributed by atoms with Crippen molar-refractivity contribution in [3.8, 4) is 17.2 Å². The van der Waals surface area contributed by atoms with Crippen molar-refractivity contribution in [1.29, 1.82) is 0 Å². The second-order valence-electron chi connectivity index (χ2n) is 11.9. The quantitative estimate of drug-likeness (QED) is 0.226. The zero-order chi connectivity index (χ0) is 29.5. The predicted octanol–water partition coefficient (Wildman–Crippen LogP) is 8.82. The van der Waals surface area contributed by atoms with E-state index in [0.29, 0.717) is 43.2 Å². The number of ether oxygens (including phenoxy) is 1. The molecule has 0 aliphatic rings. The van der Waals surface area contributed by atoms with Crippen LogP contribution < -0.4 is 20.7 Å². The van der Waals surface area contributed by atoms with Crippen LogP contribution >= 0.6 is 30.3 Å². The fraction of sp³-hybridized carbons (Fsp3) is 0.273. The molecule has 0 heterocycles. The van der Waals surface area contributed by atoms with Gasteiger partial charge in [-0.05, 0) is 59.4 Å². The monoisotopic (exact) mass is 595 g/mol. The van der Waals surface area contributed by atoms with Crippen molar-refractivity contribution >= 4 is 51.9 Å². The number of phenols is 2. The molecule has 4 rings (SSSR count). The lowest BCUT2D eigenvalue weighted by Crippen LogP contribution is -2.29. The van der Waals surface area contributed by atoms with Gasteiger partial charge in [0.2, 0.25) is 0 Å². The average molecular weight is 597 g/mol. The highest BCUT2D eigenvalue weighted by Crippen LogP contribution is 2.57. The zero-order valence-corrected chi connectivity index (χ0v) is 26.4. The Balaban J connectivity index is 2.39. The number of para-hydroxylation sites is 1. The first-order chi connectivity index (χ1) is 18.7. The molecule has 2 N–H and O–H groups in total. The van der Waals surface area contributed by atoms with Crippen LogP contribution in [0.15, 0.2) is 83.6 Å². The Hall–Kier alpha value is -2.91. The maximum Gasteiger partial charge on any atom is 0.129 e. The first kappa shape index (κ1) is 30.1. The maximum absolute atomic E-state index is 12.1. The van der Waals surface area contributed by atoms with Crippen LogP contribution in [-0.2, 0) is 10.8 Å². The van der Waals surface area contributed by atoms with Crippen LogP contribution in [0.4, 0.5) is 5.69 Å². The first-order valence-electron chi connectivity index (χ1n) is 13.1. The predicted molar refractivity (Wildman–Crippen MR) is 171 cm³/mol. The molecule has 0 amide bonds. The van der Waals surface area contributed by atoms with E-state index >= 15 is 0 Å². The van der Waals surface area contributed by atoms with Crippen LogP contribution in [0.3, 0.4) is 0 Å². The van der Waals surface area contributed by atoms with E-state index in [1.807, 2.05) is 96.1 Å². The summed E-state index contributed by atoms with van der Waals surface area (Å²) in [5.74, 6) is 0.726. The molecule has 210 valence electrons. The number of benzene rings is 4. The SMILES string of the molecule is COc1ccccc1P(=Nc1ccccc1)(c1cc(Cl)cc(C(C)(C)C)c1O)c1cc(Cl)cc(C(C)(C)C)c1O. The lowest BCUT2D eigenvalue weighted by Gasteiger charge is -2.33. The van der Waals surface area contributed by atoms with E-state index < -0.39 is 17.9 Å². The third-order valence-corrected chi connectivity index (χ3v) is 11.0. The van der Waals surface area contributed by atoms with Crippen LogP contribution in [0.1, 0.15) is 52.7 Å². The molecule has 4 nitrogen and oxygen atoms in total. The molecule has 40 heavy (non-hydrogen) atoms. The van der Waals surface area contributed by atoms with Crippen molar-refractivity contribution in [2.45, 2.75) is 52.4 Å². The molecule has 4 aromatic carbocycles. The highest BCUT2D eigenvalue weighted by Gasteiger charge is 2.39. The van der Waals surface area contributed by atoms with E-state index in [1.54, 1.807) is 31.4 Å². The topological polar surface area (TPSA) is 62.0 Å². The number of hydrogen-bond acceptors (Lipinski definition) is 4. The molecule has 0 saturated heterocycles. The second-order valence-corrected chi connectivity index (χ2v) is 15.7. The molecule has 4 aromatic rings. The normalized spacial score (nSPS) is 12.3. The van der Waals surface area contributed by atoms with Crippen molar-refractivity contribution < 1.29 is 14.9 Å². The Kier molecular flexibility index (Phi) is 8.39. The van der Waals surface area contributed by atoms with Crippen LogP contribution in [0.5, 0.6) is 17.2 Å². The average Bonchev–Trinajstić information content (AvgIpc) is 2.89. The molecule has 0 spiro atoms. The third-order valence-electron chi connectivity index (χ3n) is 6.88. The summed E-state index contributed by atoms with van der Waals surface area (Å²) in [4.78, 5) is 0. The summed E-state index contributed by atoms with van der Waals surface area (Å²) >= 11 is 13.6. The standard InChI is InChI=1S/C33H36Cl2NO3P/c1-32(2,3)24-17-21(34)19-28(30(24)37)40(36-23-13-9-8-10-14-23,27-16-12-11-15-26(27)39-7)29-20-22(35)18-25(31(29)38)33(4,5)6/h8-20,37-38H,1-7H3. The molecular weight excluding hydrogens is 560 g/mol. The van der Waals surface area contributed by atoms with E-state index in [0.717, 1.165) is 5.30 Å². The summed E-state index contributed by atoms with van der Waals surface area (Å²) in [6.45, 7) is 12.1. The fourth-order valence-electron chi connectivity index (χ4n) is 4.92. The van der Waals surface area contributed by atoms with Crippen LogP contribution in [-0.4, -0.2) is 17.3 Å². The largest absolute Gasteiger partial charge is 0.507 e. The van der Waals surface area contributed by atoms with Crippen LogP contribution in [0.2, 0.25) is 10.0 Å². The van der Waals surface area contributed by atoms with Gasteiger partial charge in [0.15, 0.2) is 0 Å². The van der Waals surface area contributed by atoms with Gasteiger partial charge in [0.25, 0.3) is 0 Å². The third kappa shape index (κ3) is 5.63. The van der Waals surface area contributed by atoms with Gasteiger partial charge >= 0.3 is 0 Å². The summed E-state index contributed by atoms with van der Waals surface area (Å²) in [7, 11) is -1.72. The van der Waals surface area contributed by atoms with Gasteiger partial charge in [-0.15, -0.1) is 0 Å². The number of aromatic hydroxyl groups is 2. The molecule has 0 fully saturated rings. The van der Waals surface area contributed by atoms with Gasteiger partial charge in [0.1, 0.15) is 17.2 Å². The number of hydrogen-bond donors (Lipinski definition) is 2. The van der Waals surface area contributed by atoms with Crippen molar-refractivity contribution in [2.75, 3.05) is 7.11 Å². The number of methoxy groups -OCH3 is 1. The van der Waals surface area contributed by atoms with Gasteiger partial charge in [-0.3, -0.25) is 4.74 Å².